The van der Waals surface area contributed by atoms with Gasteiger partial charge in [0.25, 0.3) is 0 Å². The molecule has 0 aliphatic heterocycles. The number of rotatable bonds is 17. The summed E-state index contributed by atoms with van der Waals surface area (Å²) in [5, 5.41) is 36.4. The van der Waals surface area contributed by atoms with Crippen LogP contribution < -0.4 is 5.32 Å². The van der Waals surface area contributed by atoms with Crippen LogP contribution in [0, 0.1) is 0 Å². The lowest BCUT2D eigenvalue weighted by atomic mass is 10.1. The molecule has 0 aliphatic rings. The zero-order valence-electron chi connectivity index (χ0n) is 18.1. The van der Waals surface area contributed by atoms with Crippen LogP contribution in [-0.2, 0) is 14.4 Å². The third-order valence-electron chi connectivity index (χ3n) is 4.33. The summed E-state index contributed by atoms with van der Waals surface area (Å²) in [5.41, 5.74) is 0. The SMILES string of the molecule is CC(O)CCO.CCCCCCCCCCCC(=O)NC(CCC(=O)O)C(=O)O. The highest BCUT2D eigenvalue weighted by atomic mass is 16.4. The van der Waals surface area contributed by atoms with E-state index in [1.807, 2.05) is 0 Å². The van der Waals surface area contributed by atoms with Crippen molar-refractivity contribution in [2.24, 2.45) is 0 Å². The number of carbonyl (C=O) groups is 3. The van der Waals surface area contributed by atoms with Gasteiger partial charge in [-0.15, -0.1) is 0 Å². The number of aliphatic hydroxyl groups is 2. The van der Waals surface area contributed by atoms with Gasteiger partial charge >= 0.3 is 11.9 Å². The monoisotopic (exact) mass is 419 g/mol. The van der Waals surface area contributed by atoms with Crippen molar-refractivity contribution in [1.82, 2.24) is 5.32 Å². The molecule has 2 unspecified atom stereocenters. The Bertz CT molecular complexity index is 427. The quantitative estimate of drug-likeness (QED) is 0.228. The molecule has 0 aromatic rings. The van der Waals surface area contributed by atoms with E-state index in [9.17, 15) is 14.4 Å². The molecule has 0 aromatic carbocycles. The predicted molar refractivity (Wildman–Crippen MR) is 112 cm³/mol. The number of carboxylic acids is 2. The second-order valence-electron chi connectivity index (χ2n) is 7.33. The molecule has 0 saturated carbocycles. The largest absolute Gasteiger partial charge is 0.481 e. The summed E-state index contributed by atoms with van der Waals surface area (Å²) >= 11 is 0. The van der Waals surface area contributed by atoms with Gasteiger partial charge in [0, 0.05) is 19.4 Å². The van der Waals surface area contributed by atoms with Gasteiger partial charge in [0.1, 0.15) is 6.04 Å². The van der Waals surface area contributed by atoms with Gasteiger partial charge in [-0.3, -0.25) is 9.59 Å². The van der Waals surface area contributed by atoms with Gasteiger partial charge in [0.05, 0.1) is 6.10 Å². The summed E-state index contributed by atoms with van der Waals surface area (Å²) in [7, 11) is 0. The summed E-state index contributed by atoms with van der Waals surface area (Å²) in [6, 6.07) is -1.11. The summed E-state index contributed by atoms with van der Waals surface area (Å²) in [6.45, 7) is 3.93. The molecule has 29 heavy (non-hydrogen) atoms. The first kappa shape index (κ1) is 29.5. The topological polar surface area (TPSA) is 144 Å². The number of nitrogens with one attached hydrogen (secondary N) is 1. The normalized spacial score (nSPS) is 12.4. The Balaban J connectivity index is 0. The molecule has 0 aliphatic carbocycles. The zero-order chi connectivity index (χ0) is 22.5. The first-order valence-corrected chi connectivity index (χ1v) is 10.8. The van der Waals surface area contributed by atoms with Crippen molar-refractivity contribution in [1.29, 1.82) is 0 Å². The van der Waals surface area contributed by atoms with Gasteiger partial charge in [0.2, 0.25) is 5.91 Å². The van der Waals surface area contributed by atoms with Gasteiger partial charge < -0.3 is 25.7 Å². The molecule has 0 radical (unpaired) electrons. The highest BCUT2D eigenvalue weighted by molar-refractivity contribution is 5.83. The first-order valence-electron chi connectivity index (χ1n) is 10.8. The molecular formula is C21H41NO7. The highest BCUT2D eigenvalue weighted by Crippen LogP contribution is 2.10. The second kappa shape index (κ2) is 21.0. The van der Waals surface area contributed by atoms with E-state index in [2.05, 4.69) is 12.2 Å². The average molecular weight is 420 g/mol. The minimum Gasteiger partial charge on any atom is -0.481 e. The van der Waals surface area contributed by atoms with E-state index in [0.29, 0.717) is 12.8 Å². The Morgan fingerprint density at radius 2 is 1.34 bits per heavy atom. The van der Waals surface area contributed by atoms with Crippen molar-refractivity contribution < 1.29 is 34.8 Å². The lowest BCUT2D eigenvalue weighted by molar-refractivity contribution is -0.143. The molecule has 172 valence electrons. The number of aliphatic hydroxyl groups excluding tert-OH is 2. The molecule has 8 nitrogen and oxygen atoms in total. The Kier molecular flexibility index (Phi) is 21.4. The molecule has 5 N–H and O–H groups in total. The van der Waals surface area contributed by atoms with Crippen molar-refractivity contribution in [3.8, 4) is 0 Å². The summed E-state index contributed by atoms with van der Waals surface area (Å²) in [5.74, 6) is -2.57. The highest BCUT2D eigenvalue weighted by Gasteiger charge is 2.20. The van der Waals surface area contributed by atoms with E-state index < -0.39 is 18.0 Å². The number of hydrogen-bond donors (Lipinski definition) is 5. The van der Waals surface area contributed by atoms with Gasteiger partial charge in [-0.25, -0.2) is 4.79 Å². The van der Waals surface area contributed by atoms with Crippen LogP contribution in [0.4, 0.5) is 0 Å². The van der Waals surface area contributed by atoms with E-state index in [1.165, 1.54) is 38.5 Å². The third-order valence-corrected chi connectivity index (χ3v) is 4.33. The number of carbonyl (C=O) groups excluding carboxylic acids is 1. The van der Waals surface area contributed by atoms with Gasteiger partial charge in [-0.2, -0.15) is 0 Å². The van der Waals surface area contributed by atoms with Gasteiger partial charge in [-0.05, 0) is 26.2 Å². The van der Waals surface area contributed by atoms with Crippen LogP contribution in [0.5, 0.6) is 0 Å². The molecule has 1 amide bonds. The number of hydrogen-bond acceptors (Lipinski definition) is 5. The maximum Gasteiger partial charge on any atom is 0.326 e. The fourth-order valence-corrected chi connectivity index (χ4v) is 2.57. The lowest BCUT2D eigenvalue weighted by Crippen LogP contribution is -2.41. The third kappa shape index (κ3) is 24.3. The average Bonchev–Trinajstić information content (AvgIpc) is 2.63. The minimum atomic E-state index is -1.19. The first-order chi connectivity index (χ1) is 13.7. The Hall–Kier alpha value is -1.67. The fourth-order valence-electron chi connectivity index (χ4n) is 2.57. The van der Waals surface area contributed by atoms with Gasteiger partial charge in [-0.1, -0.05) is 58.3 Å². The predicted octanol–water partition coefficient (Wildman–Crippen LogP) is 3.09. The van der Waals surface area contributed by atoms with E-state index in [4.69, 9.17) is 20.4 Å². The number of carboxylic acid groups (broad SMARTS) is 2. The molecule has 0 spiro atoms. The van der Waals surface area contributed by atoms with E-state index in [0.717, 1.165) is 19.3 Å². The Morgan fingerprint density at radius 1 is 0.828 bits per heavy atom. The van der Waals surface area contributed by atoms with Crippen LogP contribution in [-0.4, -0.2) is 57.0 Å². The number of aliphatic carboxylic acids is 2. The lowest BCUT2D eigenvalue weighted by Gasteiger charge is -2.13. The minimum absolute atomic E-state index is 0.0810. The summed E-state index contributed by atoms with van der Waals surface area (Å²) < 4.78 is 0. The zero-order valence-corrected chi connectivity index (χ0v) is 18.1. The standard InChI is InChI=1S/C17H31NO5.C4H10O2/c1-2-3-4-5-6-7-8-9-10-11-15(19)18-14(17(22)23)12-13-16(20)21;1-4(6)2-3-5/h14H,2-13H2,1H3,(H,18,19)(H,20,21)(H,22,23);4-6H,2-3H2,1H3. The molecule has 0 bridgehead atoms. The summed E-state index contributed by atoms with van der Waals surface area (Å²) in [4.78, 5) is 33.1. The van der Waals surface area contributed by atoms with Crippen LogP contribution in [0.3, 0.4) is 0 Å². The molecule has 0 saturated heterocycles. The maximum absolute atomic E-state index is 11.7. The smallest absolute Gasteiger partial charge is 0.326 e. The van der Waals surface area contributed by atoms with Crippen molar-refractivity contribution in [3.05, 3.63) is 0 Å². The van der Waals surface area contributed by atoms with Crippen molar-refractivity contribution in [3.63, 3.8) is 0 Å². The molecule has 8 heteroatoms. The van der Waals surface area contributed by atoms with Crippen molar-refractivity contribution in [2.75, 3.05) is 6.61 Å². The summed E-state index contributed by atoms with van der Waals surface area (Å²) in [6.07, 6.45) is 10.4. The van der Waals surface area contributed by atoms with Crippen LogP contribution in [0.25, 0.3) is 0 Å². The Morgan fingerprint density at radius 3 is 1.72 bits per heavy atom. The second-order valence-corrected chi connectivity index (χ2v) is 7.33. The van der Waals surface area contributed by atoms with Crippen LogP contribution in [0.15, 0.2) is 0 Å². The number of amides is 1. The van der Waals surface area contributed by atoms with Crippen molar-refractivity contribution in [2.45, 2.75) is 109 Å². The van der Waals surface area contributed by atoms with E-state index in [-0.39, 0.29) is 31.5 Å². The van der Waals surface area contributed by atoms with Gasteiger partial charge in [0.15, 0.2) is 0 Å². The van der Waals surface area contributed by atoms with Crippen LogP contribution in [0.1, 0.15) is 97.3 Å². The molecule has 2 atom stereocenters. The maximum atomic E-state index is 11.7. The van der Waals surface area contributed by atoms with Crippen molar-refractivity contribution >= 4 is 17.8 Å². The fraction of sp³-hybridized carbons (Fsp3) is 0.857. The molecule has 0 heterocycles. The molecule has 0 aromatic heterocycles. The van der Waals surface area contributed by atoms with E-state index in [1.54, 1.807) is 6.92 Å². The Labute approximate surface area is 174 Å². The van der Waals surface area contributed by atoms with Crippen LogP contribution >= 0.6 is 0 Å². The molecule has 0 rings (SSSR count). The molecular weight excluding hydrogens is 378 g/mol. The van der Waals surface area contributed by atoms with E-state index >= 15 is 0 Å². The van der Waals surface area contributed by atoms with Crippen LogP contribution in [0.2, 0.25) is 0 Å². The number of unbranched alkanes of at least 4 members (excludes halogenated alkanes) is 8. The molecule has 0 fully saturated rings.